The summed E-state index contributed by atoms with van der Waals surface area (Å²) in [6.45, 7) is 10.0. The summed E-state index contributed by atoms with van der Waals surface area (Å²) in [6, 6.07) is 0. The number of hydrogen-bond acceptors (Lipinski definition) is 5. The molecule has 124 valence electrons. The lowest BCUT2D eigenvalue weighted by Gasteiger charge is -2.35. The van der Waals surface area contributed by atoms with E-state index in [1.165, 1.54) is 41.7 Å². The van der Waals surface area contributed by atoms with E-state index in [-0.39, 0.29) is 0 Å². The van der Waals surface area contributed by atoms with Crippen LogP contribution in [0.25, 0.3) is 10.2 Å². The molecule has 0 unspecified atom stereocenters. The van der Waals surface area contributed by atoms with Crippen molar-refractivity contribution in [2.24, 2.45) is 0 Å². The van der Waals surface area contributed by atoms with Crippen molar-refractivity contribution in [1.29, 1.82) is 0 Å². The van der Waals surface area contributed by atoms with Crippen molar-refractivity contribution in [3.63, 3.8) is 0 Å². The van der Waals surface area contributed by atoms with Crippen LogP contribution in [0.15, 0.2) is 0 Å². The fourth-order valence-corrected chi connectivity index (χ4v) is 5.12. The Morgan fingerprint density at radius 2 is 1.78 bits per heavy atom. The minimum absolute atomic E-state index is 0.917. The minimum atomic E-state index is 0.917. The maximum absolute atomic E-state index is 4.98. The third-order valence-corrected chi connectivity index (χ3v) is 6.46. The minimum Gasteiger partial charge on any atom is -0.353 e. The van der Waals surface area contributed by atoms with E-state index in [4.69, 9.17) is 9.97 Å². The fourth-order valence-electron chi connectivity index (χ4n) is 3.84. The zero-order valence-electron chi connectivity index (χ0n) is 14.3. The maximum Gasteiger partial charge on any atom is 0.141 e. The van der Waals surface area contributed by atoms with Crippen molar-refractivity contribution in [2.75, 3.05) is 37.6 Å². The molecule has 1 saturated heterocycles. The van der Waals surface area contributed by atoms with Crippen LogP contribution in [-0.4, -0.2) is 47.6 Å². The van der Waals surface area contributed by atoms with Crippen LogP contribution in [0.4, 0.5) is 5.82 Å². The largest absolute Gasteiger partial charge is 0.353 e. The van der Waals surface area contributed by atoms with Gasteiger partial charge in [0.1, 0.15) is 16.5 Å². The molecule has 2 aliphatic rings. The van der Waals surface area contributed by atoms with Crippen molar-refractivity contribution in [3.8, 4) is 0 Å². The van der Waals surface area contributed by atoms with Crippen LogP contribution in [-0.2, 0) is 19.3 Å². The Labute approximate surface area is 142 Å². The van der Waals surface area contributed by atoms with E-state index in [0.717, 1.165) is 45.0 Å². The van der Waals surface area contributed by atoms with Crippen molar-refractivity contribution in [3.05, 3.63) is 16.3 Å². The summed E-state index contributed by atoms with van der Waals surface area (Å²) >= 11 is 1.92. The quantitative estimate of drug-likeness (QED) is 0.864. The normalized spacial score (nSPS) is 19.3. The highest BCUT2D eigenvalue weighted by Crippen LogP contribution is 2.39. The van der Waals surface area contributed by atoms with Crippen molar-refractivity contribution in [2.45, 2.75) is 46.0 Å². The van der Waals surface area contributed by atoms with E-state index >= 15 is 0 Å². The van der Waals surface area contributed by atoms with Crippen LogP contribution in [0.2, 0.25) is 0 Å². The molecule has 0 bridgehead atoms. The van der Waals surface area contributed by atoms with Crippen LogP contribution >= 0.6 is 11.3 Å². The number of anilines is 1. The van der Waals surface area contributed by atoms with E-state index < -0.39 is 0 Å². The van der Waals surface area contributed by atoms with Crippen molar-refractivity contribution >= 4 is 27.4 Å². The summed E-state index contributed by atoms with van der Waals surface area (Å²) in [5, 5.41) is 1.38. The summed E-state index contributed by atoms with van der Waals surface area (Å²) in [6.07, 6.45) is 6.02. The van der Waals surface area contributed by atoms with Gasteiger partial charge in [0, 0.05) is 37.5 Å². The molecular formula is C18H26N4S. The van der Waals surface area contributed by atoms with Gasteiger partial charge in [-0.3, -0.25) is 0 Å². The summed E-state index contributed by atoms with van der Waals surface area (Å²) in [7, 11) is 0. The van der Waals surface area contributed by atoms with E-state index in [2.05, 4.69) is 23.6 Å². The molecule has 0 N–H and O–H groups in total. The number of aromatic nitrogens is 2. The molecule has 0 spiro atoms. The lowest BCUT2D eigenvalue weighted by molar-refractivity contribution is 0.270. The highest BCUT2D eigenvalue weighted by atomic mass is 32.1. The molecule has 2 aromatic rings. The number of aryl methyl sites for hydroxylation is 3. The van der Waals surface area contributed by atoms with Gasteiger partial charge in [-0.1, -0.05) is 13.8 Å². The molecule has 0 aromatic carbocycles. The molecule has 4 nitrogen and oxygen atoms in total. The van der Waals surface area contributed by atoms with Gasteiger partial charge in [-0.05, 0) is 37.8 Å². The Morgan fingerprint density at radius 3 is 2.52 bits per heavy atom. The lowest BCUT2D eigenvalue weighted by atomic mass is 9.97. The van der Waals surface area contributed by atoms with Gasteiger partial charge in [0.15, 0.2) is 0 Å². The van der Waals surface area contributed by atoms with Gasteiger partial charge < -0.3 is 9.80 Å². The Kier molecular flexibility index (Phi) is 4.24. The van der Waals surface area contributed by atoms with E-state index in [1.54, 1.807) is 10.4 Å². The van der Waals surface area contributed by atoms with Crippen LogP contribution in [0.3, 0.4) is 0 Å². The van der Waals surface area contributed by atoms with Gasteiger partial charge in [0.25, 0.3) is 0 Å². The third-order valence-electron chi connectivity index (χ3n) is 5.28. The number of likely N-dealkylation sites (N-methyl/N-ethyl adjacent to an activating group) is 1. The van der Waals surface area contributed by atoms with Gasteiger partial charge in [0.2, 0.25) is 0 Å². The summed E-state index contributed by atoms with van der Waals surface area (Å²) in [4.78, 5) is 17.7. The molecule has 1 aliphatic carbocycles. The molecule has 23 heavy (non-hydrogen) atoms. The van der Waals surface area contributed by atoms with Gasteiger partial charge in [-0.15, -0.1) is 11.3 Å². The number of piperazine rings is 1. The molecule has 0 atom stereocenters. The average molecular weight is 331 g/mol. The van der Waals surface area contributed by atoms with Gasteiger partial charge in [-0.25, -0.2) is 9.97 Å². The first kappa shape index (κ1) is 15.3. The second-order valence-electron chi connectivity index (χ2n) is 6.63. The lowest BCUT2D eigenvalue weighted by Crippen LogP contribution is -2.46. The number of rotatable bonds is 3. The predicted molar refractivity (Wildman–Crippen MR) is 97.8 cm³/mol. The molecule has 1 fully saturated rings. The van der Waals surface area contributed by atoms with Crippen LogP contribution in [0.1, 0.15) is 43.0 Å². The first-order valence-electron chi connectivity index (χ1n) is 9.08. The SMILES string of the molecule is CCc1nc(N2CCN(CC)CC2)c2c3c(sc2n1)CCCC3. The van der Waals surface area contributed by atoms with Crippen molar-refractivity contribution < 1.29 is 0 Å². The Bertz CT molecular complexity index is 701. The van der Waals surface area contributed by atoms with Gasteiger partial charge in [0.05, 0.1) is 5.39 Å². The second kappa shape index (κ2) is 6.36. The second-order valence-corrected chi connectivity index (χ2v) is 7.71. The molecule has 1 aliphatic heterocycles. The van der Waals surface area contributed by atoms with E-state index in [0.29, 0.717) is 0 Å². The molecule has 2 aromatic heterocycles. The number of fused-ring (bicyclic) bond motifs is 3. The van der Waals surface area contributed by atoms with E-state index in [9.17, 15) is 0 Å². The number of thiophene rings is 1. The topological polar surface area (TPSA) is 32.3 Å². The molecule has 0 saturated carbocycles. The zero-order chi connectivity index (χ0) is 15.8. The first-order valence-corrected chi connectivity index (χ1v) is 9.90. The fraction of sp³-hybridized carbons (Fsp3) is 0.667. The van der Waals surface area contributed by atoms with Crippen LogP contribution < -0.4 is 4.90 Å². The highest BCUT2D eigenvalue weighted by molar-refractivity contribution is 7.19. The molecule has 3 heterocycles. The third kappa shape index (κ3) is 2.74. The molecule has 4 rings (SSSR count). The molecular weight excluding hydrogens is 304 g/mol. The molecule has 0 amide bonds. The first-order chi connectivity index (χ1) is 11.3. The standard InChI is InChI=1S/C18H26N4S/c1-3-15-19-17(22-11-9-21(4-2)10-12-22)16-13-7-5-6-8-14(13)23-18(16)20-15/h3-12H2,1-2H3. The monoisotopic (exact) mass is 330 g/mol. The van der Waals surface area contributed by atoms with Gasteiger partial charge >= 0.3 is 0 Å². The predicted octanol–water partition coefficient (Wildman–Crippen LogP) is 3.27. The Balaban J connectivity index is 1.79. The Morgan fingerprint density at radius 1 is 1.00 bits per heavy atom. The zero-order valence-corrected chi connectivity index (χ0v) is 15.1. The number of nitrogens with zero attached hydrogens (tertiary/aromatic N) is 4. The average Bonchev–Trinajstić information content (AvgIpc) is 2.99. The van der Waals surface area contributed by atoms with Crippen molar-refractivity contribution in [1.82, 2.24) is 14.9 Å². The highest BCUT2D eigenvalue weighted by Gasteiger charge is 2.25. The van der Waals surface area contributed by atoms with Gasteiger partial charge in [-0.2, -0.15) is 0 Å². The van der Waals surface area contributed by atoms with E-state index in [1.807, 2.05) is 11.3 Å². The maximum atomic E-state index is 4.98. The number of hydrogen-bond donors (Lipinski definition) is 0. The summed E-state index contributed by atoms with van der Waals surface area (Å²) in [5.74, 6) is 2.23. The smallest absolute Gasteiger partial charge is 0.141 e. The van der Waals surface area contributed by atoms with Crippen LogP contribution in [0, 0.1) is 0 Å². The van der Waals surface area contributed by atoms with Crippen LogP contribution in [0.5, 0.6) is 0 Å². The Hall–Kier alpha value is -1.20. The molecule has 5 heteroatoms. The summed E-state index contributed by atoms with van der Waals surface area (Å²) in [5.41, 5.74) is 1.56. The summed E-state index contributed by atoms with van der Waals surface area (Å²) < 4.78 is 0. The molecule has 0 radical (unpaired) electrons.